The smallest absolute Gasteiger partial charge is 0.268 e. The van der Waals surface area contributed by atoms with Gasteiger partial charge in [-0.15, -0.1) is 0 Å². The lowest BCUT2D eigenvalue weighted by molar-refractivity contribution is -0.131. The van der Waals surface area contributed by atoms with Crippen LogP contribution in [0, 0.1) is 11.3 Å². The topological polar surface area (TPSA) is 99.0 Å². The van der Waals surface area contributed by atoms with Crippen molar-refractivity contribution in [3.05, 3.63) is 71.7 Å². The summed E-state index contributed by atoms with van der Waals surface area (Å²) in [5, 5.41) is 12.1. The molecule has 1 fully saturated rings. The second-order valence-electron chi connectivity index (χ2n) is 8.11. The molecule has 2 amide bonds. The summed E-state index contributed by atoms with van der Waals surface area (Å²) in [6.07, 6.45) is 6.21. The fraction of sp³-hybridized carbons (Fsp3) is 0.240. The summed E-state index contributed by atoms with van der Waals surface area (Å²) in [4.78, 5) is 34.5. The lowest BCUT2D eigenvalue weighted by Gasteiger charge is -2.19. The molecule has 172 valence electrons. The molecular weight excluding hydrogens is 440 g/mol. The number of hydrogen-bond donors (Lipinski definition) is 1. The van der Waals surface area contributed by atoms with E-state index in [4.69, 9.17) is 5.26 Å². The number of amides is 2. The van der Waals surface area contributed by atoms with Crippen molar-refractivity contribution in [2.75, 3.05) is 13.1 Å². The van der Waals surface area contributed by atoms with Crippen LogP contribution in [0.25, 0.3) is 22.6 Å². The minimum atomic E-state index is -3.11. The predicted molar refractivity (Wildman–Crippen MR) is 123 cm³/mol. The van der Waals surface area contributed by atoms with Crippen LogP contribution >= 0.6 is 0 Å². The number of carbonyl (C=O) groups excluding carboxylic acids is 2. The van der Waals surface area contributed by atoms with Gasteiger partial charge in [-0.2, -0.15) is 5.26 Å². The first-order valence-corrected chi connectivity index (χ1v) is 10.6. The van der Waals surface area contributed by atoms with Gasteiger partial charge in [0, 0.05) is 30.4 Å². The molecule has 0 radical (unpaired) electrons. The first-order valence-electron chi connectivity index (χ1n) is 10.6. The molecule has 1 N–H and O–H groups in total. The third kappa shape index (κ3) is 4.91. The van der Waals surface area contributed by atoms with Crippen LogP contribution in [0.4, 0.5) is 8.78 Å². The van der Waals surface area contributed by atoms with Crippen LogP contribution in [0.5, 0.6) is 0 Å². The van der Waals surface area contributed by atoms with Gasteiger partial charge in [-0.3, -0.25) is 19.6 Å². The Morgan fingerprint density at radius 3 is 2.85 bits per heavy atom. The number of alkyl halides is 2. The van der Waals surface area contributed by atoms with E-state index in [1.165, 1.54) is 12.3 Å². The van der Waals surface area contributed by atoms with Gasteiger partial charge in [-0.25, -0.2) is 8.78 Å². The van der Waals surface area contributed by atoms with Gasteiger partial charge in [0.05, 0.1) is 30.2 Å². The molecule has 0 spiro atoms. The Hall–Kier alpha value is -4.19. The maximum atomic E-state index is 13.6. The van der Waals surface area contributed by atoms with Crippen molar-refractivity contribution in [3.8, 4) is 6.07 Å². The molecule has 9 heteroatoms. The number of rotatable bonds is 5. The van der Waals surface area contributed by atoms with Crippen LogP contribution in [0.1, 0.15) is 34.8 Å². The van der Waals surface area contributed by atoms with E-state index >= 15 is 0 Å². The predicted octanol–water partition coefficient (Wildman–Crippen LogP) is 3.68. The molecule has 0 aliphatic carbocycles. The largest absolute Gasteiger partial charge is 0.343 e. The fourth-order valence-electron chi connectivity index (χ4n) is 3.93. The van der Waals surface area contributed by atoms with Crippen LogP contribution < -0.4 is 5.32 Å². The van der Waals surface area contributed by atoms with Gasteiger partial charge >= 0.3 is 0 Å². The summed E-state index contributed by atoms with van der Waals surface area (Å²) in [6.45, 7) is 0.640. The average Bonchev–Trinajstić information content (AvgIpc) is 3.17. The molecule has 3 heterocycles. The molecule has 0 saturated carbocycles. The molecule has 1 atom stereocenters. The number of allylic oxidation sites excluding steroid dienone is 1. The van der Waals surface area contributed by atoms with Gasteiger partial charge in [-0.1, -0.05) is 18.2 Å². The zero-order chi connectivity index (χ0) is 24.3. The number of halogens is 2. The number of nitriles is 1. The van der Waals surface area contributed by atoms with Crippen LogP contribution in [0.2, 0.25) is 0 Å². The Kier molecular flexibility index (Phi) is 6.32. The number of pyridine rings is 2. The zero-order valence-corrected chi connectivity index (χ0v) is 18.3. The van der Waals surface area contributed by atoms with Gasteiger partial charge < -0.3 is 10.2 Å². The summed E-state index contributed by atoms with van der Waals surface area (Å²) in [7, 11) is 0. The van der Waals surface area contributed by atoms with E-state index < -0.39 is 43.3 Å². The van der Waals surface area contributed by atoms with Gasteiger partial charge in [0.25, 0.3) is 11.8 Å². The molecule has 1 saturated heterocycles. The Labute approximate surface area is 194 Å². The molecule has 2 aromatic heterocycles. The van der Waals surface area contributed by atoms with Gasteiger partial charge in [-0.05, 0) is 47.9 Å². The summed E-state index contributed by atoms with van der Waals surface area (Å²) >= 11 is 0. The summed E-state index contributed by atoms with van der Waals surface area (Å²) in [6, 6.07) is 11.3. The third-order valence-electron chi connectivity index (χ3n) is 5.65. The number of benzene rings is 1. The average molecular weight is 461 g/mol. The van der Waals surface area contributed by atoms with E-state index in [9.17, 15) is 18.4 Å². The van der Waals surface area contributed by atoms with Gasteiger partial charge in [0.2, 0.25) is 5.91 Å². The maximum Gasteiger partial charge on any atom is 0.268 e. The van der Waals surface area contributed by atoms with Crippen molar-refractivity contribution >= 4 is 34.4 Å². The highest BCUT2D eigenvalue weighted by atomic mass is 19.3. The van der Waals surface area contributed by atoms with Crippen molar-refractivity contribution in [1.29, 1.82) is 5.26 Å². The van der Waals surface area contributed by atoms with E-state index in [1.807, 2.05) is 37.3 Å². The molecule has 7 nitrogen and oxygen atoms in total. The van der Waals surface area contributed by atoms with Crippen molar-refractivity contribution in [2.24, 2.45) is 0 Å². The van der Waals surface area contributed by atoms with Crippen molar-refractivity contribution in [2.45, 2.75) is 25.3 Å². The molecule has 34 heavy (non-hydrogen) atoms. The van der Waals surface area contributed by atoms with E-state index in [-0.39, 0.29) is 0 Å². The number of carbonyl (C=O) groups is 2. The van der Waals surface area contributed by atoms with E-state index in [1.54, 1.807) is 24.5 Å². The molecule has 3 aromatic rings. The molecule has 1 aliphatic heterocycles. The lowest BCUT2D eigenvalue weighted by atomic mass is 10.0. The molecule has 1 aromatic carbocycles. The highest BCUT2D eigenvalue weighted by Gasteiger charge is 2.47. The lowest BCUT2D eigenvalue weighted by Crippen LogP contribution is -2.43. The Morgan fingerprint density at radius 2 is 2.12 bits per heavy atom. The summed E-state index contributed by atoms with van der Waals surface area (Å²) < 4.78 is 27.2. The summed E-state index contributed by atoms with van der Waals surface area (Å²) in [5.41, 5.74) is 3.70. The van der Waals surface area contributed by atoms with E-state index in [0.717, 1.165) is 21.6 Å². The van der Waals surface area contributed by atoms with Crippen LogP contribution in [-0.4, -0.2) is 51.7 Å². The first-order chi connectivity index (χ1) is 16.3. The Bertz CT molecular complexity index is 1320. The van der Waals surface area contributed by atoms with Crippen molar-refractivity contribution in [1.82, 2.24) is 20.2 Å². The monoisotopic (exact) mass is 461 g/mol. The second kappa shape index (κ2) is 9.35. The normalized spacial score (nSPS) is 17.4. The zero-order valence-electron chi connectivity index (χ0n) is 18.3. The Balaban J connectivity index is 1.53. The number of likely N-dealkylation sites (tertiary alicyclic amines) is 1. The molecule has 0 bridgehead atoms. The SMILES string of the molecule is C/C(=C\c1ccc2nccc(C(=O)NCC(=O)N3CC(F)(F)CC3C#N)c2c1)c1cccnc1. The Morgan fingerprint density at radius 1 is 1.29 bits per heavy atom. The number of fused-ring (bicyclic) bond motifs is 1. The van der Waals surface area contributed by atoms with Crippen LogP contribution in [0.3, 0.4) is 0 Å². The molecule has 1 unspecified atom stereocenters. The van der Waals surface area contributed by atoms with Gasteiger partial charge in [0.1, 0.15) is 6.04 Å². The molecular formula is C25H21F2N5O2. The third-order valence-corrected chi connectivity index (χ3v) is 5.65. The highest BCUT2D eigenvalue weighted by molar-refractivity contribution is 6.07. The summed E-state index contributed by atoms with van der Waals surface area (Å²) in [5.74, 6) is -4.38. The number of hydrogen-bond acceptors (Lipinski definition) is 5. The maximum absolute atomic E-state index is 13.6. The first kappa shape index (κ1) is 23.0. The number of nitrogens with zero attached hydrogens (tertiary/aromatic N) is 4. The van der Waals surface area contributed by atoms with E-state index in [0.29, 0.717) is 16.5 Å². The van der Waals surface area contributed by atoms with E-state index in [2.05, 4.69) is 15.3 Å². The quantitative estimate of drug-likeness (QED) is 0.625. The van der Waals surface area contributed by atoms with Gasteiger partial charge in [0.15, 0.2) is 0 Å². The fourth-order valence-corrected chi connectivity index (χ4v) is 3.93. The van der Waals surface area contributed by atoms with Crippen LogP contribution in [0.15, 0.2) is 55.0 Å². The number of nitrogens with one attached hydrogen (secondary N) is 1. The molecule has 1 aliphatic rings. The minimum absolute atomic E-state index is 0.302. The number of aromatic nitrogens is 2. The standard InChI is InChI=1S/C25H21F2N5O2/c1-16(18-3-2-7-29-13-18)9-17-4-5-22-21(10-17)20(6-8-30-22)24(34)31-14-23(33)32-15-25(26,27)11-19(32)12-28/h2-10,13,19H,11,14-15H2,1H3,(H,31,34)/b16-9+. The van der Waals surface area contributed by atoms with Crippen LogP contribution in [-0.2, 0) is 4.79 Å². The second-order valence-corrected chi connectivity index (χ2v) is 8.11. The van der Waals surface area contributed by atoms with Crippen molar-refractivity contribution < 1.29 is 18.4 Å². The molecule has 4 rings (SSSR count). The minimum Gasteiger partial charge on any atom is -0.343 e. The highest BCUT2D eigenvalue weighted by Crippen LogP contribution is 2.31. The van der Waals surface area contributed by atoms with Crippen molar-refractivity contribution in [3.63, 3.8) is 0 Å².